The SMILES string of the molecule is Oc1cc(Cl)cc(O)c1C(O)(c1ccccc1)c1ccccc1. The van der Waals surface area contributed by atoms with Crippen molar-refractivity contribution in [3.63, 3.8) is 0 Å². The van der Waals surface area contributed by atoms with Crippen molar-refractivity contribution >= 4 is 11.6 Å². The maximum Gasteiger partial charge on any atom is 0.147 e. The van der Waals surface area contributed by atoms with Gasteiger partial charge in [-0.3, -0.25) is 0 Å². The molecule has 0 amide bonds. The fourth-order valence-electron chi connectivity index (χ4n) is 2.76. The van der Waals surface area contributed by atoms with E-state index in [1.54, 1.807) is 48.5 Å². The molecule has 0 atom stereocenters. The number of phenolic OH excluding ortho intramolecular Hbond substituents is 2. The Morgan fingerprint density at radius 1 is 0.696 bits per heavy atom. The summed E-state index contributed by atoms with van der Waals surface area (Å²) in [6, 6.07) is 20.3. The van der Waals surface area contributed by atoms with Gasteiger partial charge in [0.15, 0.2) is 0 Å². The van der Waals surface area contributed by atoms with Gasteiger partial charge in [-0.25, -0.2) is 0 Å². The van der Waals surface area contributed by atoms with Crippen LogP contribution in [0.15, 0.2) is 72.8 Å². The number of hydrogen-bond donors (Lipinski definition) is 3. The molecule has 0 unspecified atom stereocenters. The van der Waals surface area contributed by atoms with Gasteiger partial charge < -0.3 is 15.3 Å². The third-order valence-corrected chi connectivity index (χ3v) is 4.02. The van der Waals surface area contributed by atoms with Crippen LogP contribution in [0.4, 0.5) is 0 Å². The summed E-state index contributed by atoms with van der Waals surface area (Å²) in [7, 11) is 0. The van der Waals surface area contributed by atoms with E-state index in [0.29, 0.717) is 11.1 Å². The first-order valence-electron chi connectivity index (χ1n) is 7.09. The van der Waals surface area contributed by atoms with Crippen molar-refractivity contribution in [1.82, 2.24) is 0 Å². The second kappa shape index (κ2) is 5.95. The molecule has 0 aliphatic rings. The summed E-state index contributed by atoms with van der Waals surface area (Å²) < 4.78 is 0. The lowest BCUT2D eigenvalue weighted by Gasteiger charge is -2.31. The molecule has 4 heteroatoms. The van der Waals surface area contributed by atoms with Crippen molar-refractivity contribution in [3.8, 4) is 11.5 Å². The van der Waals surface area contributed by atoms with E-state index in [2.05, 4.69) is 0 Å². The Hall–Kier alpha value is -2.49. The van der Waals surface area contributed by atoms with Crippen molar-refractivity contribution in [3.05, 3.63) is 94.5 Å². The highest BCUT2D eigenvalue weighted by molar-refractivity contribution is 6.30. The van der Waals surface area contributed by atoms with E-state index < -0.39 is 5.60 Å². The Bertz CT molecular complexity index is 754. The van der Waals surface area contributed by atoms with Gasteiger partial charge >= 0.3 is 0 Å². The molecule has 3 aromatic carbocycles. The summed E-state index contributed by atoms with van der Waals surface area (Å²) in [6.07, 6.45) is 0. The van der Waals surface area contributed by atoms with E-state index in [1.807, 2.05) is 12.1 Å². The molecule has 3 aromatic rings. The van der Waals surface area contributed by atoms with Crippen LogP contribution < -0.4 is 0 Å². The zero-order valence-corrected chi connectivity index (χ0v) is 12.9. The monoisotopic (exact) mass is 326 g/mol. The molecule has 0 spiro atoms. The van der Waals surface area contributed by atoms with Crippen molar-refractivity contribution < 1.29 is 15.3 Å². The topological polar surface area (TPSA) is 60.7 Å². The molecule has 0 heterocycles. The summed E-state index contributed by atoms with van der Waals surface area (Å²) >= 11 is 5.86. The van der Waals surface area contributed by atoms with Gasteiger partial charge in [0.25, 0.3) is 0 Å². The molecule has 0 bridgehead atoms. The second-order valence-electron chi connectivity index (χ2n) is 5.26. The first kappa shape index (κ1) is 15.4. The molecule has 0 aliphatic carbocycles. The lowest BCUT2D eigenvalue weighted by molar-refractivity contribution is 0.119. The smallest absolute Gasteiger partial charge is 0.147 e. The quantitative estimate of drug-likeness (QED) is 0.637. The number of halogens is 1. The molecule has 23 heavy (non-hydrogen) atoms. The van der Waals surface area contributed by atoms with E-state index in [4.69, 9.17) is 11.6 Å². The van der Waals surface area contributed by atoms with Crippen LogP contribution in [-0.2, 0) is 5.60 Å². The van der Waals surface area contributed by atoms with Gasteiger partial charge in [-0.1, -0.05) is 72.3 Å². The zero-order chi connectivity index (χ0) is 16.4. The summed E-state index contributed by atoms with van der Waals surface area (Å²) in [5.74, 6) is -0.546. The van der Waals surface area contributed by atoms with Crippen LogP contribution in [0.5, 0.6) is 11.5 Å². The maximum absolute atomic E-state index is 11.5. The average molecular weight is 327 g/mol. The molecule has 0 fully saturated rings. The largest absolute Gasteiger partial charge is 0.507 e. The van der Waals surface area contributed by atoms with Crippen LogP contribution in [0.2, 0.25) is 5.02 Å². The minimum atomic E-state index is -1.71. The molecule has 0 aromatic heterocycles. The fourth-order valence-corrected chi connectivity index (χ4v) is 2.97. The van der Waals surface area contributed by atoms with Gasteiger partial charge in [-0.2, -0.15) is 0 Å². The van der Waals surface area contributed by atoms with Gasteiger partial charge in [-0.15, -0.1) is 0 Å². The summed E-state index contributed by atoms with van der Waals surface area (Å²) in [6.45, 7) is 0. The Balaban J connectivity index is 2.35. The fraction of sp³-hybridized carbons (Fsp3) is 0.0526. The third-order valence-electron chi connectivity index (χ3n) is 3.81. The second-order valence-corrected chi connectivity index (χ2v) is 5.70. The third kappa shape index (κ3) is 2.65. The minimum absolute atomic E-state index is 0.000648. The predicted octanol–water partition coefficient (Wildman–Crippen LogP) is 4.04. The summed E-state index contributed by atoms with van der Waals surface area (Å²) in [5.41, 5.74) is -0.654. The molecule has 0 saturated carbocycles. The first-order chi connectivity index (χ1) is 11.0. The molecule has 0 radical (unpaired) electrons. The van der Waals surface area contributed by atoms with Gasteiger partial charge in [0.2, 0.25) is 0 Å². The van der Waals surface area contributed by atoms with E-state index in [0.717, 1.165) is 0 Å². The Morgan fingerprint density at radius 3 is 1.48 bits per heavy atom. The van der Waals surface area contributed by atoms with Crippen LogP contribution in [0.3, 0.4) is 0 Å². The van der Waals surface area contributed by atoms with Crippen LogP contribution in [-0.4, -0.2) is 15.3 Å². The number of benzene rings is 3. The average Bonchev–Trinajstić information content (AvgIpc) is 2.55. The van der Waals surface area contributed by atoms with Crippen molar-refractivity contribution in [2.45, 2.75) is 5.60 Å². The molecule has 3 N–H and O–H groups in total. The minimum Gasteiger partial charge on any atom is -0.507 e. The van der Waals surface area contributed by atoms with Gasteiger partial charge in [-0.05, 0) is 23.3 Å². The van der Waals surface area contributed by atoms with Crippen LogP contribution in [0, 0.1) is 0 Å². The van der Waals surface area contributed by atoms with E-state index in [1.165, 1.54) is 12.1 Å². The number of aliphatic hydroxyl groups is 1. The maximum atomic E-state index is 11.5. The molecule has 3 nitrogen and oxygen atoms in total. The summed E-state index contributed by atoms with van der Waals surface area (Å²) in [4.78, 5) is 0. The highest BCUT2D eigenvalue weighted by Gasteiger charge is 2.38. The molecular weight excluding hydrogens is 312 g/mol. The van der Waals surface area contributed by atoms with Gasteiger partial charge in [0, 0.05) is 5.02 Å². The Kier molecular flexibility index (Phi) is 3.99. The lowest BCUT2D eigenvalue weighted by atomic mass is 9.79. The zero-order valence-electron chi connectivity index (χ0n) is 12.1. The molecule has 3 rings (SSSR count). The van der Waals surface area contributed by atoms with Crippen LogP contribution >= 0.6 is 11.6 Å². The van der Waals surface area contributed by atoms with Crippen molar-refractivity contribution in [1.29, 1.82) is 0 Å². The normalized spacial score (nSPS) is 11.4. The Morgan fingerprint density at radius 2 is 1.09 bits per heavy atom. The molecule has 116 valence electrons. The highest BCUT2D eigenvalue weighted by atomic mass is 35.5. The predicted molar refractivity (Wildman–Crippen MR) is 89.8 cm³/mol. The van der Waals surface area contributed by atoms with Crippen molar-refractivity contribution in [2.75, 3.05) is 0 Å². The van der Waals surface area contributed by atoms with E-state index in [-0.39, 0.29) is 22.1 Å². The van der Waals surface area contributed by atoms with E-state index in [9.17, 15) is 15.3 Å². The van der Waals surface area contributed by atoms with Crippen molar-refractivity contribution in [2.24, 2.45) is 0 Å². The number of phenols is 2. The molecule has 0 aliphatic heterocycles. The number of aromatic hydroxyl groups is 2. The lowest BCUT2D eigenvalue weighted by Crippen LogP contribution is -2.29. The van der Waals surface area contributed by atoms with E-state index >= 15 is 0 Å². The van der Waals surface area contributed by atoms with Crippen LogP contribution in [0.25, 0.3) is 0 Å². The number of hydrogen-bond acceptors (Lipinski definition) is 3. The standard InChI is InChI=1S/C19H15ClO3/c20-15-11-16(21)18(17(22)12-15)19(23,13-7-3-1-4-8-13)14-9-5-2-6-10-14/h1-12,21-23H. The first-order valence-corrected chi connectivity index (χ1v) is 7.46. The van der Waals surface area contributed by atoms with Gasteiger partial charge in [0.05, 0.1) is 5.56 Å². The van der Waals surface area contributed by atoms with Gasteiger partial charge in [0.1, 0.15) is 17.1 Å². The molecular formula is C19H15ClO3. The molecule has 0 saturated heterocycles. The Labute approximate surface area is 139 Å². The van der Waals surface area contributed by atoms with Crippen LogP contribution in [0.1, 0.15) is 16.7 Å². The number of rotatable bonds is 3. The highest BCUT2D eigenvalue weighted by Crippen LogP contribution is 2.46. The summed E-state index contributed by atoms with van der Waals surface area (Å²) in [5, 5.41) is 32.4.